The molecule has 0 aromatic carbocycles. The van der Waals surface area contributed by atoms with Crippen LogP contribution in [0.2, 0.25) is 0 Å². The monoisotopic (exact) mass is 270 g/mol. The highest BCUT2D eigenvalue weighted by molar-refractivity contribution is 5.72. The van der Waals surface area contributed by atoms with E-state index in [1.807, 2.05) is 0 Å². The van der Waals surface area contributed by atoms with Gasteiger partial charge in [-0.3, -0.25) is 4.79 Å². The van der Waals surface area contributed by atoms with E-state index in [9.17, 15) is 4.79 Å². The van der Waals surface area contributed by atoms with Gasteiger partial charge in [-0.05, 0) is 24.8 Å². The third-order valence-corrected chi connectivity index (χ3v) is 3.52. The lowest BCUT2D eigenvalue weighted by molar-refractivity contribution is -0.147. The molecule has 1 fully saturated rings. The molecule has 4 nitrogen and oxygen atoms in total. The zero-order chi connectivity index (χ0) is 14.5. The first-order valence-electron chi connectivity index (χ1n) is 7.39. The fourth-order valence-corrected chi connectivity index (χ4v) is 2.63. The molecule has 4 heteroatoms. The van der Waals surface area contributed by atoms with E-state index in [0.717, 1.165) is 39.0 Å². The molecule has 0 amide bonds. The number of carbonyl (C=O) groups excluding carboxylic acids is 1. The van der Waals surface area contributed by atoms with E-state index < -0.39 is 0 Å². The van der Waals surface area contributed by atoms with Crippen LogP contribution in [0.15, 0.2) is 0 Å². The number of hydrogen-bond acceptors (Lipinski definition) is 4. The summed E-state index contributed by atoms with van der Waals surface area (Å²) >= 11 is 0. The Bertz CT molecular complexity index is 286. The van der Waals surface area contributed by atoms with Gasteiger partial charge in [0.05, 0.1) is 13.0 Å². The van der Waals surface area contributed by atoms with Crippen LogP contribution in [-0.4, -0.2) is 50.2 Å². The Balaban J connectivity index is 2.57. The van der Waals surface area contributed by atoms with Gasteiger partial charge in [0, 0.05) is 25.7 Å². The molecule has 1 rings (SSSR count). The van der Waals surface area contributed by atoms with Gasteiger partial charge in [-0.2, -0.15) is 0 Å². The molecule has 0 radical (unpaired) electrons. The molecule has 112 valence electrons. The summed E-state index contributed by atoms with van der Waals surface area (Å²) in [5.41, 5.74) is 0.272. The third kappa shape index (κ3) is 5.91. The SMILES string of the molecule is CCCN1CC(NCC(C)(C)C)CC(C(=O)OC)C1. The molecule has 1 aliphatic heterocycles. The summed E-state index contributed by atoms with van der Waals surface area (Å²) in [7, 11) is 1.48. The quantitative estimate of drug-likeness (QED) is 0.775. The Morgan fingerprint density at radius 1 is 1.37 bits per heavy atom. The van der Waals surface area contributed by atoms with Crippen molar-refractivity contribution >= 4 is 5.97 Å². The Morgan fingerprint density at radius 2 is 2.05 bits per heavy atom. The van der Waals surface area contributed by atoms with Crippen LogP contribution in [0, 0.1) is 11.3 Å². The van der Waals surface area contributed by atoms with Crippen LogP contribution in [0.1, 0.15) is 40.5 Å². The van der Waals surface area contributed by atoms with Crippen molar-refractivity contribution in [1.29, 1.82) is 0 Å². The van der Waals surface area contributed by atoms with E-state index in [1.165, 1.54) is 7.11 Å². The summed E-state index contributed by atoms with van der Waals surface area (Å²) in [6.45, 7) is 12.8. The number of nitrogens with one attached hydrogen (secondary N) is 1. The molecule has 0 bridgehead atoms. The summed E-state index contributed by atoms with van der Waals surface area (Å²) in [5.74, 6) is -0.0499. The van der Waals surface area contributed by atoms with Crippen LogP contribution in [-0.2, 0) is 9.53 Å². The fourth-order valence-electron chi connectivity index (χ4n) is 2.63. The van der Waals surface area contributed by atoms with Crippen molar-refractivity contribution in [2.45, 2.75) is 46.6 Å². The Labute approximate surface area is 117 Å². The molecule has 19 heavy (non-hydrogen) atoms. The van der Waals surface area contributed by atoms with Crippen LogP contribution >= 0.6 is 0 Å². The smallest absolute Gasteiger partial charge is 0.310 e. The first kappa shape index (κ1) is 16.4. The summed E-state index contributed by atoms with van der Waals surface area (Å²) in [5, 5.41) is 3.61. The highest BCUT2D eigenvalue weighted by Crippen LogP contribution is 2.20. The summed E-state index contributed by atoms with van der Waals surface area (Å²) in [4.78, 5) is 14.2. The van der Waals surface area contributed by atoms with Crippen LogP contribution < -0.4 is 5.32 Å². The minimum atomic E-state index is -0.0663. The lowest BCUT2D eigenvalue weighted by atomic mass is 9.91. The first-order valence-corrected chi connectivity index (χ1v) is 7.39. The van der Waals surface area contributed by atoms with Crippen molar-refractivity contribution in [2.24, 2.45) is 11.3 Å². The van der Waals surface area contributed by atoms with Crippen molar-refractivity contribution in [3.63, 3.8) is 0 Å². The van der Waals surface area contributed by atoms with E-state index in [1.54, 1.807) is 0 Å². The topological polar surface area (TPSA) is 41.6 Å². The van der Waals surface area contributed by atoms with Crippen LogP contribution in [0.5, 0.6) is 0 Å². The van der Waals surface area contributed by atoms with Gasteiger partial charge in [0.25, 0.3) is 0 Å². The van der Waals surface area contributed by atoms with Gasteiger partial charge in [-0.1, -0.05) is 27.7 Å². The maximum Gasteiger partial charge on any atom is 0.310 e. The number of likely N-dealkylation sites (tertiary alicyclic amines) is 1. The largest absolute Gasteiger partial charge is 0.469 e. The Hall–Kier alpha value is -0.610. The molecule has 0 aromatic heterocycles. The summed E-state index contributed by atoms with van der Waals surface area (Å²) in [6, 6.07) is 0.392. The lowest BCUT2D eigenvalue weighted by Gasteiger charge is -2.38. The molecule has 1 aliphatic rings. The van der Waals surface area contributed by atoms with E-state index in [4.69, 9.17) is 4.74 Å². The number of methoxy groups -OCH3 is 1. The number of rotatable bonds is 5. The second-order valence-corrected chi connectivity index (χ2v) is 6.85. The Morgan fingerprint density at radius 3 is 2.58 bits per heavy atom. The Kier molecular flexibility index (Phi) is 6.27. The average molecular weight is 270 g/mol. The number of hydrogen-bond donors (Lipinski definition) is 1. The molecule has 0 saturated carbocycles. The number of nitrogens with zero attached hydrogens (tertiary/aromatic N) is 1. The molecule has 2 atom stereocenters. The molecule has 0 aliphatic carbocycles. The van der Waals surface area contributed by atoms with Gasteiger partial charge >= 0.3 is 5.97 Å². The predicted octanol–water partition coefficient (Wildman–Crippen LogP) is 1.90. The average Bonchev–Trinajstić information content (AvgIpc) is 2.35. The molecule has 0 spiro atoms. The van der Waals surface area contributed by atoms with Crippen molar-refractivity contribution in [3.05, 3.63) is 0 Å². The second-order valence-electron chi connectivity index (χ2n) is 6.85. The van der Waals surface area contributed by atoms with Gasteiger partial charge in [0.1, 0.15) is 0 Å². The minimum absolute atomic E-state index is 0.0165. The van der Waals surface area contributed by atoms with Crippen LogP contribution in [0.25, 0.3) is 0 Å². The van der Waals surface area contributed by atoms with Crippen LogP contribution in [0.4, 0.5) is 0 Å². The zero-order valence-corrected chi connectivity index (χ0v) is 13.2. The van der Waals surface area contributed by atoms with Gasteiger partial charge in [0.2, 0.25) is 0 Å². The summed E-state index contributed by atoms with van der Waals surface area (Å²) < 4.78 is 4.92. The number of piperidine rings is 1. The van der Waals surface area contributed by atoms with Gasteiger partial charge in [-0.15, -0.1) is 0 Å². The van der Waals surface area contributed by atoms with Crippen molar-refractivity contribution in [1.82, 2.24) is 10.2 Å². The number of ether oxygens (including phenoxy) is 1. The third-order valence-electron chi connectivity index (χ3n) is 3.52. The second kappa shape index (κ2) is 7.25. The van der Waals surface area contributed by atoms with E-state index >= 15 is 0 Å². The molecule has 1 heterocycles. The lowest BCUT2D eigenvalue weighted by Crippen LogP contribution is -2.52. The number of carbonyl (C=O) groups is 1. The molecule has 2 unspecified atom stereocenters. The van der Waals surface area contributed by atoms with E-state index in [-0.39, 0.29) is 17.3 Å². The maximum atomic E-state index is 11.8. The molecule has 0 aromatic rings. The molecule has 1 N–H and O–H groups in total. The first-order chi connectivity index (χ1) is 8.85. The predicted molar refractivity (Wildman–Crippen MR) is 78.1 cm³/mol. The highest BCUT2D eigenvalue weighted by atomic mass is 16.5. The van der Waals surface area contributed by atoms with Crippen LogP contribution in [0.3, 0.4) is 0 Å². The molecule has 1 saturated heterocycles. The molecular formula is C15H30N2O2. The standard InChI is InChI=1S/C15H30N2O2/c1-6-7-17-9-12(14(18)19-5)8-13(10-17)16-11-15(2,3)4/h12-13,16H,6-11H2,1-5H3. The van der Waals surface area contributed by atoms with Gasteiger partial charge in [-0.25, -0.2) is 0 Å². The minimum Gasteiger partial charge on any atom is -0.469 e. The van der Waals surface area contributed by atoms with Crippen molar-refractivity contribution in [3.8, 4) is 0 Å². The number of esters is 1. The van der Waals surface area contributed by atoms with Crippen molar-refractivity contribution < 1.29 is 9.53 Å². The van der Waals surface area contributed by atoms with Crippen molar-refractivity contribution in [2.75, 3.05) is 33.3 Å². The summed E-state index contributed by atoms with van der Waals surface area (Å²) in [6.07, 6.45) is 2.02. The van der Waals surface area contributed by atoms with Gasteiger partial charge < -0.3 is 15.0 Å². The molecular weight excluding hydrogens is 240 g/mol. The zero-order valence-electron chi connectivity index (χ0n) is 13.2. The highest BCUT2D eigenvalue weighted by Gasteiger charge is 2.32. The van der Waals surface area contributed by atoms with Gasteiger partial charge in [0.15, 0.2) is 0 Å². The van der Waals surface area contributed by atoms with E-state index in [0.29, 0.717) is 6.04 Å². The normalized spacial score (nSPS) is 25.3. The van der Waals surface area contributed by atoms with E-state index in [2.05, 4.69) is 37.9 Å². The fraction of sp³-hybridized carbons (Fsp3) is 0.933. The maximum absolute atomic E-state index is 11.8.